The van der Waals surface area contributed by atoms with Gasteiger partial charge in [-0.1, -0.05) is 18.7 Å². The summed E-state index contributed by atoms with van der Waals surface area (Å²) >= 11 is 3.02. The van der Waals surface area contributed by atoms with E-state index in [9.17, 15) is 9.50 Å². The first-order valence-corrected chi connectivity index (χ1v) is 10.8. The Morgan fingerprint density at radius 1 is 1.13 bits per heavy atom. The average molecular weight is 438 g/mol. The highest BCUT2D eigenvalue weighted by Crippen LogP contribution is 2.35. The number of aliphatic hydroxyl groups is 1. The van der Waals surface area contributed by atoms with Gasteiger partial charge in [-0.3, -0.25) is 4.90 Å². The van der Waals surface area contributed by atoms with Gasteiger partial charge in [-0.2, -0.15) is 0 Å². The number of aliphatic imine (C=N–C) groups is 1. The number of halogens is 1. The van der Waals surface area contributed by atoms with Gasteiger partial charge in [0.25, 0.3) is 0 Å². The van der Waals surface area contributed by atoms with Gasteiger partial charge in [-0.05, 0) is 17.7 Å². The predicted molar refractivity (Wildman–Crippen MR) is 116 cm³/mol. The third kappa shape index (κ3) is 3.42. The Hall–Kier alpha value is -3.30. The zero-order valence-corrected chi connectivity index (χ0v) is 17.3. The molecule has 0 saturated heterocycles. The van der Waals surface area contributed by atoms with Crippen molar-refractivity contribution in [2.24, 2.45) is 4.99 Å². The molecule has 0 saturated carbocycles. The maximum absolute atomic E-state index is 13.1. The standard InChI is InChI=1S/C21H16FN5OS2/c1-13-19(28)18(20-24-11-16(30-20)10-14-2-4-15(22)5-3-14)25-21-26(7-8-27(13)21)12-17-23-6-9-29-17/h2-9,11,28H,1,10,12H2. The Balaban J connectivity index is 1.42. The van der Waals surface area contributed by atoms with Gasteiger partial charge in [-0.15, -0.1) is 22.7 Å². The molecule has 3 aromatic rings. The maximum Gasteiger partial charge on any atom is 0.215 e. The predicted octanol–water partition coefficient (Wildman–Crippen LogP) is 4.73. The molecule has 5 rings (SSSR count). The van der Waals surface area contributed by atoms with Crippen LogP contribution in [-0.2, 0) is 13.0 Å². The molecular formula is C21H16FN5OS2. The van der Waals surface area contributed by atoms with E-state index in [1.54, 1.807) is 40.8 Å². The number of fused-ring (bicyclic) bond motifs is 1. The number of aliphatic hydroxyl groups excluding tert-OH is 1. The van der Waals surface area contributed by atoms with Crippen LogP contribution in [0.1, 0.15) is 20.5 Å². The number of hydrogen-bond acceptors (Lipinski definition) is 8. The summed E-state index contributed by atoms with van der Waals surface area (Å²) in [7, 11) is 0. The first kappa shape index (κ1) is 18.7. The van der Waals surface area contributed by atoms with Crippen LogP contribution in [0, 0.1) is 5.82 Å². The molecule has 0 bridgehead atoms. The first-order valence-electron chi connectivity index (χ1n) is 9.12. The fraction of sp³-hybridized carbons (Fsp3) is 0.0952. The van der Waals surface area contributed by atoms with Crippen molar-refractivity contribution in [1.29, 1.82) is 0 Å². The van der Waals surface area contributed by atoms with Crippen molar-refractivity contribution in [3.05, 3.63) is 98.7 Å². The third-order valence-corrected chi connectivity index (χ3v) is 6.47. The van der Waals surface area contributed by atoms with E-state index in [2.05, 4.69) is 21.5 Å². The second-order valence-electron chi connectivity index (χ2n) is 6.71. The smallest absolute Gasteiger partial charge is 0.215 e. The molecule has 0 atom stereocenters. The van der Waals surface area contributed by atoms with Crippen LogP contribution in [0.2, 0.25) is 0 Å². The summed E-state index contributed by atoms with van der Waals surface area (Å²) in [5.41, 5.74) is 1.84. The van der Waals surface area contributed by atoms with Crippen molar-refractivity contribution < 1.29 is 9.50 Å². The van der Waals surface area contributed by atoms with Gasteiger partial charge < -0.3 is 10.0 Å². The first-order chi connectivity index (χ1) is 14.6. The average Bonchev–Trinajstić information content (AvgIpc) is 3.49. The lowest BCUT2D eigenvalue weighted by Crippen LogP contribution is -2.35. The van der Waals surface area contributed by atoms with Crippen molar-refractivity contribution in [3.63, 3.8) is 0 Å². The van der Waals surface area contributed by atoms with E-state index >= 15 is 0 Å². The highest BCUT2D eigenvalue weighted by molar-refractivity contribution is 7.12. The number of thiazole rings is 2. The summed E-state index contributed by atoms with van der Waals surface area (Å²) in [5.74, 6) is 0.396. The molecule has 2 aliphatic heterocycles. The van der Waals surface area contributed by atoms with Gasteiger partial charge in [0.1, 0.15) is 21.5 Å². The molecule has 30 heavy (non-hydrogen) atoms. The second-order valence-corrected chi connectivity index (χ2v) is 8.81. The van der Waals surface area contributed by atoms with E-state index < -0.39 is 0 Å². The molecule has 0 aliphatic carbocycles. The summed E-state index contributed by atoms with van der Waals surface area (Å²) < 4.78 is 13.1. The normalized spacial score (nSPS) is 15.8. The van der Waals surface area contributed by atoms with Gasteiger partial charge in [-0.25, -0.2) is 19.4 Å². The van der Waals surface area contributed by atoms with Crippen LogP contribution in [0.3, 0.4) is 0 Å². The van der Waals surface area contributed by atoms with Crippen molar-refractivity contribution in [2.45, 2.75) is 13.0 Å². The molecule has 150 valence electrons. The Morgan fingerprint density at radius 3 is 2.73 bits per heavy atom. The van der Waals surface area contributed by atoms with E-state index in [0.29, 0.717) is 35.3 Å². The fourth-order valence-electron chi connectivity index (χ4n) is 3.20. The molecule has 0 amide bonds. The quantitative estimate of drug-likeness (QED) is 0.625. The molecule has 0 fully saturated rings. The highest BCUT2D eigenvalue weighted by Gasteiger charge is 2.32. The van der Waals surface area contributed by atoms with Gasteiger partial charge in [0.2, 0.25) is 5.96 Å². The summed E-state index contributed by atoms with van der Waals surface area (Å²) in [6, 6.07) is 6.41. The van der Waals surface area contributed by atoms with Crippen LogP contribution < -0.4 is 0 Å². The minimum Gasteiger partial charge on any atom is -0.504 e. The van der Waals surface area contributed by atoms with Gasteiger partial charge in [0.05, 0.1) is 12.2 Å². The zero-order valence-electron chi connectivity index (χ0n) is 15.7. The lowest BCUT2D eigenvalue weighted by molar-refractivity contribution is 0.393. The number of guanidine groups is 1. The minimum absolute atomic E-state index is 0.00202. The van der Waals surface area contributed by atoms with Crippen LogP contribution >= 0.6 is 22.7 Å². The van der Waals surface area contributed by atoms with E-state index in [4.69, 9.17) is 0 Å². The summed E-state index contributed by atoms with van der Waals surface area (Å²) in [4.78, 5) is 18.2. The Bertz CT molecular complexity index is 1190. The minimum atomic E-state index is -0.257. The van der Waals surface area contributed by atoms with Gasteiger partial charge in [0, 0.05) is 41.5 Å². The topological polar surface area (TPSA) is 64.9 Å². The number of rotatable bonds is 5. The summed E-state index contributed by atoms with van der Waals surface area (Å²) in [6.45, 7) is 4.60. The molecule has 2 aliphatic rings. The Kier molecular flexibility index (Phi) is 4.68. The molecule has 0 spiro atoms. The second kappa shape index (κ2) is 7.51. The van der Waals surface area contributed by atoms with Crippen molar-refractivity contribution in [3.8, 4) is 0 Å². The number of aromatic nitrogens is 2. The van der Waals surface area contributed by atoms with Crippen LogP contribution in [0.25, 0.3) is 5.70 Å². The maximum atomic E-state index is 13.1. The third-order valence-electron chi connectivity index (χ3n) is 4.71. The van der Waals surface area contributed by atoms with Gasteiger partial charge >= 0.3 is 0 Å². The molecule has 1 aromatic carbocycles. The lowest BCUT2D eigenvalue weighted by Gasteiger charge is -2.27. The SMILES string of the molecule is C=C1C(O)=C(c2ncc(Cc3ccc(F)cc3)s2)N=C2N(Cc3nccs3)C=CN12. The zero-order chi connectivity index (χ0) is 20.7. The lowest BCUT2D eigenvalue weighted by atomic mass is 10.1. The van der Waals surface area contributed by atoms with Crippen molar-refractivity contribution in [1.82, 2.24) is 19.8 Å². The van der Waals surface area contributed by atoms with Crippen molar-refractivity contribution in [2.75, 3.05) is 0 Å². The van der Waals surface area contributed by atoms with Crippen LogP contribution in [0.15, 0.2) is 77.5 Å². The molecule has 6 nitrogen and oxygen atoms in total. The van der Waals surface area contributed by atoms with Crippen LogP contribution in [0.5, 0.6) is 0 Å². The molecule has 4 heterocycles. The monoisotopic (exact) mass is 437 g/mol. The molecule has 0 unspecified atom stereocenters. The van der Waals surface area contributed by atoms with E-state index in [0.717, 1.165) is 15.4 Å². The van der Waals surface area contributed by atoms with E-state index in [1.165, 1.54) is 23.5 Å². The number of nitrogens with zero attached hydrogens (tertiary/aromatic N) is 5. The highest BCUT2D eigenvalue weighted by atomic mass is 32.1. The Morgan fingerprint density at radius 2 is 1.97 bits per heavy atom. The molecule has 0 radical (unpaired) electrons. The molecule has 2 aromatic heterocycles. The van der Waals surface area contributed by atoms with Gasteiger partial charge in [0.15, 0.2) is 5.76 Å². The van der Waals surface area contributed by atoms with E-state index in [1.807, 2.05) is 22.7 Å². The van der Waals surface area contributed by atoms with Crippen LogP contribution in [0.4, 0.5) is 4.39 Å². The number of hydrogen-bond donors (Lipinski definition) is 1. The largest absolute Gasteiger partial charge is 0.504 e. The Labute approximate surface area is 180 Å². The molecule has 9 heteroatoms. The molecule has 1 N–H and O–H groups in total. The molecular weight excluding hydrogens is 421 g/mol. The summed E-state index contributed by atoms with van der Waals surface area (Å²) in [5, 5.41) is 14.2. The van der Waals surface area contributed by atoms with Crippen LogP contribution in [-0.4, -0.2) is 30.8 Å². The van der Waals surface area contributed by atoms with E-state index in [-0.39, 0.29) is 11.6 Å². The van der Waals surface area contributed by atoms with Crippen molar-refractivity contribution >= 4 is 34.3 Å². The summed E-state index contributed by atoms with van der Waals surface area (Å²) in [6.07, 6.45) is 7.88. The number of benzene rings is 1. The fourth-order valence-corrected chi connectivity index (χ4v) is 4.75.